The van der Waals surface area contributed by atoms with Crippen LogP contribution in [0.25, 0.3) is 16.7 Å². The van der Waals surface area contributed by atoms with E-state index in [-0.39, 0.29) is 18.1 Å². The van der Waals surface area contributed by atoms with Gasteiger partial charge in [0.25, 0.3) is 5.91 Å². The molecule has 3 aromatic heterocycles. The molecule has 1 aromatic carbocycles. The fourth-order valence-electron chi connectivity index (χ4n) is 5.00. The van der Waals surface area contributed by atoms with E-state index in [4.69, 9.17) is 9.72 Å². The molecule has 172 valence electrons. The third kappa shape index (κ3) is 3.22. The summed E-state index contributed by atoms with van der Waals surface area (Å²) in [6.07, 6.45) is 4.20. The van der Waals surface area contributed by atoms with Crippen LogP contribution in [-0.4, -0.2) is 70.4 Å². The van der Waals surface area contributed by atoms with Crippen molar-refractivity contribution in [1.82, 2.24) is 34.9 Å². The Labute approximate surface area is 197 Å². The Bertz CT molecular complexity index is 1450. The number of carbonyl (C=O) groups excluding carboxylic acids is 1. The van der Waals surface area contributed by atoms with E-state index >= 15 is 0 Å². The van der Waals surface area contributed by atoms with E-state index in [0.29, 0.717) is 22.8 Å². The zero-order chi connectivity index (χ0) is 23.6. The smallest absolute Gasteiger partial charge is 0.257 e. The van der Waals surface area contributed by atoms with Crippen LogP contribution in [0.5, 0.6) is 0 Å². The second-order valence-electron chi connectivity index (χ2n) is 9.48. The van der Waals surface area contributed by atoms with Crippen LogP contribution in [0.3, 0.4) is 0 Å². The van der Waals surface area contributed by atoms with Crippen molar-refractivity contribution < 1.29 is 9.53 Å². The van der Waals surface area contributed by atoms with E-state index < -0.39 is 5.40 Å². The highest BCUT2D eigenvalue weighted by Gasteiger charge is 2.36. The highest BCUT2D eigenvalue weighted by atomic mass is 16.5. The van der Waals surface area contributed by atoms with Gasteiger partial charge < -0.3 is 20.7 Å². The Kier molecular flexibility index (Phi) is 4.60. The van der Waals surface area contributed by atoms with Crippen molar-refractivity contribution in [3.63, 3.8) is 0 Å². The first kappa shape index (κ1) is 21.0. The van der Waals surface area contributed by atoms with E-state index in [2.05, 4.69) is 53.1 Å². The maximum Gasteiger partial charge on any atom is 0.257 e. The molecule has 1 aliphatic carbocycles. The minimum atomic E-state index is -0.604. The predicted molar refractivity (Wildman–Crippen MR) is 133 cm³/mol. The summed E-state index contributed by atoms with van der Waals surface area (Å²) in [6, 6.07) is 5.88. The van der Waals surface area contributed by atoms with Gasteiger partial charge in [0.15, 0.2) is 5.65 Å². The summed E-state index contributed by atoms with van der Waals surface area (Å²) >= 11 is 0. The maximum atomic E-state index is 13.3. The van der Waals surface area contributed by atoms with Gasteiger partial charge >= 0.3 is 0 Å². The van der Waals surface area contributed by atoms with Gasteiger partial charge in [-0.2, -0.15) is 9.61 Å². The fraction of sp³-hybridized carbons (Fsp3) is 0.381. The molecule has 1 saturated carbocycles. The van der Waals surface area contributed by atoms with Crippen LogP contribution in [0.4, 0.5) is 17.3 Å². The average Bonchev–Trinajstić information content (AvgIpc) is 3.52. The number of amides is 1. The largest absolute Gasteiger partial charge is 0.383 e. The molecule has 0 spiro atoms. The summed E-state index contributed by atoms with van der Waals surface area (Å²) in [5.41, 5.74) is 4.25. The summed E-state index contributed by atoms with van der Waals surface area (Å²) in [4.78, 5) is 18.0. The van der Waals surface area contributed by atoms with Crippen LogP contribution in [0.2, 0.25) is 0 Å². The molecule has 1 aliphatic heterocycles. The van der Waals surface area contributed by atoms with Gasteiger partial charge in [-0.3, -0.25) is 4.79 Å². The number of nitrogens with one attached hydrogen (secondary N) is 3. The zero-order valence-corrected chi connectivity index (χ0v) is 19.6. The second kappa shape index (κ2) is 7.45. The van der Waals surface area contributed by atoms with Crippen LogP contribution in [0.15, 0.2) is 24.4 Å². The van der Waals surface area contributed by atoms with Gasteiger partial charge in [0.05, 0.1) is 29.5 Å². The van der Waals surface area contributed by atoms with Crippen LogP contribution in [-0.2, 0) is 17.2 Å². The average molecular weight is 457 g/mol. The lowest BCUT2D eigenvalue weighted by molar-refractivity contribution is -0.00588. The molecule has 4 bridgehead atoms. The number of carbonyl (C=O) groups is 1. The molecule has 13 heteroatoms. The molecule has 2 atom stereocenters. The van der Waals surface area contributed by atoms with Crippen LogP contribution in [0, 0.1) is 0 Å². The number of hydrogen-bond donors (Lipinski definition) is 3. The lowest BCUT2D eigenvalue weighted by Gasteiger charge is -2.33. The summed E-state index contributed by atoms with van der Waals surface area (Å²) in [5, 5.41) is 22.1. The maximum absolute atomic E-state index is 13.3. The Balaban J connectivity index is 1.60. The van der Waals surface area contributed by atoms with Gasteiger partial charge in [-0.25, -0.2) is 9.67 Å². The number of fused-ring (bicyclic) bond motifs is 6. The van der Waals surface area contributed by atoms with Gasteiger partial charge in [-0.05, 0) is 37.0 Å². The molecule has 1 amide bonds. The minimum absolute atomic E-state index is 0.0867. The Morgan fingerprint density at radius 2 is 2.12 bits per heavy atom. The number of nitrogens with zero attached hydrogens (tertiary/aromatic N) is 6. The molecule has 0 saturated heterocycles. The first-order valence-corrected chi connectivity index (χ1v) is 11.5. The lowest BCUT2D eigenvalue weighted by Crippen LogP contribution is -2.45. The van der Waals surface area contributed by atoms with E-state index in [1.165, 1.54) is 0 Å². The van der Waals surface area contributed by atoms with Crippen molar-refractivity contribution >= 4 is 55.6 Å². The normalized spacial score (nSPS) is 21.8. The molecule has 3 N–H and O–H groups in total. The Morgan fingerprint density at radius 3 is 2.94 bits per heavy atom. The number of anilines is 3. The number of hydrogen-bond acceptors (Lipinski definition) is 8. The third-order valence-corrected chi connectivity index (χ3v) is 6.86. The van der Waals surface area contributed by atoms with E-state index in [1.54, 1.807) is 15.4 Å². The van der Waals surface area contributed by atoms with Crippen molar-refractivity contribution in [1.29, 1.82) is 0 Å². The molecule has 4 heterocycles. The number of aromatic nitrogens is 6. The molecule has 11 nitrogen and oxygen atoms in total. The second-order valence-corrected chi connectivity index (χ2v) is 9.48. The minimum Gasteiger partial charge on any atom is -0.383 e. The molecule has 0 unspecified atom stereocenters. The van der Waals surface area contributed by atoms with Gasteiger partial charge in [-0.15, -0.1) is 5.10 Å². The quantitative estimate of drug-likeness (QED) is 0.338. The topological polar surface area (TPSA) is 123 Å². The SMILES string of the molecule is BC1(B)O[C@H]2CCC[C@H]2NC(=O)c2cnn3c(NC)cc(nc23)Nc2cc1cc1c2nnn1C. The number of rotatable bonds is 1. The van der Waals surface area contributed by atoms with E-state index in [1.807, 2.05) is 26.2 Å². The van der Waals surface area contributed by atoms with Gasteiger partial charge in [-0.1, -0.05) is 5.21 Å². The van der Waals surface area contributed by atoms with Crippen LogP contribution >= 0.6 is 0 Å². The molecular formula is C21H25B2N9O2. The molecule has 4 aromatic rings. The molecule has 0 radical (unpaired) electrons. The summed E-state index contributed by atoms with van der Waals surface area (Å²) in [6.45, 7) is 0. The first-order valence-electron chi connectivity index (χ1n) is 11.5. The van der Waals surface area contributed by atoms with E-state index in [0.717, 1.165) is 41.5 Å². The number of ether oxygens (including phenoxy) is 1. The summed E-state index contributed by atoms with van der Waals surface area (Å²) in [5.74, 6) is 1.06. The molecule has 2 aliphatic rings. The summed E-state index contributed by atoms with van der Waals surface area (Å²) in [7, 11) is 7.80. The Hall–Kier alpha value is -3.60. The number of aryl methyl sites for hydroxylation is 1. The summed E-state index contributed by atoms with van der Waals surface area (Å²) < 4.78 is 10.0. The van der Waals surface area contributed by atoms with Crippen molar-refractivity contribution in [2.45, 2.75) is 36.8 Å². The van der Waals surface area contributed by atoms with Gasteiger partial charge in [0.1, 0.15) is 38.4 Å². The lowest BCUT2D eigenvalue weighted by atomic mass is 9.61. The van der Waals surface area contributed by atoms with Gasteiger partial charge in [0, 0.05) is 25.6 Å². The third-order valence-electron chi connectivity index (χ3n) is 6.86. The van der Waals surface area contributed by atoms with Crippen molar-refractivity contribution in [3.05, 3.63) is 35.5 Å². The van der Waals surface area contributed by atoms with Crippen LogP contribution < -0.4 is 16.0 Å². The van der Waals surface area contributed by atoms with Gasteiger partial charge in [0.2, 0.25) is 0 Å². The molecular weight excluding hydrogens is 432 g/mol. The monoisotopic (exact) mass is 457 g/mol. The van der Waals surface area contributed by atoms with Crippen molar-refractivity contribution in [2.24, 2.45) is 7.05 Å². The first-order chi connectivity index (χ1) is 16.3. The standard InChI is InChI=1S/C21H25B2N9O2/c1-24-17-8-16-26-13-6-10(7-14-18(13)29-30-31(14)2)21(22,23)34-15-5-3-4-12(15)27-20(33)11-9-25-32(17)19(11)28-16/h6-9,12,15,24H,3-5,22-23H2,1-2H3,(H,26,28)(H,27,33)/t12-,15+/m1/s1. The highest BCUT2D eigenvalue weighted by molar-refractivity contribution is 6.39. The molecule has 1 fully saturated rings. The highest BCUT2D eigenvalue weighted by Crippen LogP contribution is 2.35. The fourth-order valence-corrected chi connectivity index (χ4v) is 5.00. The van der Waals surface area contributed by atoms with Crippen molar-refractivity contribution in [3.8, 4) is 0 Å². The zero-order valence-electron chi connectivity index (χ0n) is 19.6. The molecule has 34 heavy (non-hydrogen) atoms. The van der Waals surface area contributed by atoms with Crippen LogP contribution in [0.1, 0.15) is 35.2 Å². The van der Waals surface area contributed by atoms with E-state index in [9.17, 15) is 4.79 Å². The predicted octanol–water partition coefficient (Wildman–Crippen LogP) is -0.146. The Morgan fingerprint density at radius 1 is 1.26 bits per heavy atom. The number of benzene rings is 1. The molecule has 6 rings (SSSR count). The van der Waals surface area contributed by atoms with Crippen molar-refractivity contribution in [2.75, 3.05) is 17.7 Å².